The molecule has 2 aromatic rings. The summed E-state index contributed by atoms with van der Waals surface area (Å²) in [5.41, 5.74) is 4.29. The number of ether oxygens (including phenoxy) is 2. The molecule has 7 heteroatoms. The van der Waals surface area contributed by atoms with Crippen LogP contribution in [0.2, 0.25) is 0 Å². The van der Waals surface area contributed by atoms with Crippen molar-refractivity contribution >= 4 is 22.8 Å². The summed E-state index contributed by atoms with van der Waals surface area (Å²) in [7, 11) is 1.60. The highest BCUT2D eigenvalue weighted by Crippen LogP contribution is 2.40. The van der Waals surface area contributed by atoms with Crippen molar-refractivity contribution in [2.24, 2.45) is 5.92 Å². The Balaban J connectivity index is 1.66. The topological polar surface area (TPSA) is 73.9 Å². The minimum atomic E-state index is -1.10. The van der Waals surface area contributed by atoms with E-state index in [0.29, 0.717) is 41.9 Å². The Morgan fingerprint density at radius 2 is 2.09 bits per heavy atom. The molecule has 6 nitrogen and oxygen atoms in total. The van der Waals surface area contributed by atoms with Crippen molar-refractivity contribution in [3.8, 4) is 11.5 Å². The second-order valence-corrected chi connectivity index (χ2v) is 9.78. The van der Waals surface area contributed by atoms with Gasteiger partial charge in [0.25, 0.3) is 5.91 Å². The van der Waals surface area contributed by atoms with Crippen LogP contribution in [-0.4, -0.2) is 41.1 Å². The Bertz CT molecular complexity index is 1020. The molecule has 1 amide bonds. The summed E-state index contributed by atoms with van der Waals surface area (Å²) < 4.78 is 23.4. The third kappa shape index (κ3) is 4.59. The van der Waals surface area contributed by atoms with E-state index in [-0.39, 0.29) is 11.9 Å². The van der Waals surface area contributed by atoms with Crippen LogP contribution in [0.25, 0.3) is 0 Å². The standard InChI is InChI=1S/C25H30N2O4S/c1-5-31-23-13-18(11-12-22(23)30-3)21(15-32(4)29)27-14-19-7-6-8-20(24(19)25(27)28)26-16(2)17-9-10-17/h6-8,11-13,17,21,26H,2,5,9-10,14-15H2,1,3-4H3/t21-,32?/m1/s1. The largest absolute Gasteiger partial charge is 0.616 e. The summed E-state index contributed by atoms with van der Waals surface area (Å²) in [4.78, 5) is 15.4. The van der Waals surface area contributed by atoms with Crippen molar-refractivity contribution in [3.05, 3.63) is 65.4 Å². The summed E-state index contributed by atoms with van der Waals surface area (Å²) in [6.45, 7) is 7.03. The van der Waals surface area contributed by atoms with Crippen LogP contribution in [0.5, 0.6) is 11.5 Å². The summed E-state index contributed by atoms with van der Waals surface area (Å²) >= 11 is -1.10. The molecule has 4 rings (SSSR count). The number of nitrogens with one attached hydrogen (secondary N) is 1. The van der Waals surface area contributed by atoms with Gasteiger partial charge in [0.1, 0.15) is 11.8 Å². The fourth-order valence-electron chi connectivity index (χ4n) is 4.20. The number of anilines is 1. The van der Waals surface area contributed by atoms with Gasteiger partial charge in [-0.15, -0.1) is 0 Å². The smallest absolute Gasteiger partial charge is 0.257 e. The first-order valence-corrected chi connectivity index (χ1v) is 12.6. The second kappa shape index (κ2) is 9.46. The number of hydrogen-bond donors (Lipinski definition) is 1. The van der Waals surface area contributed by atoms with Crippen LogP contribution in [0.15, 0.2) is 48.7 Å². The average Bonchev–Trinajstić information content (AvgIpc) is 3.56. The molecular formula is C25H30N2O4S. The predicted octanol–water partition coefficient (Wildman–Crippen LogP) is 4.51. The van der Waals surface area contributed by atoms with Gasteiger partial charge in [-0.1, -0.05) is 36.0 Å². The van der Waals surface area contributed by atoms with Gasteiger partial charge >= 0.3 is 0 Å². The Labute approximate surface area is 192 Å². The van der Waals surface area contributed by atoms with Crippen molar-refractivity contribution < 1.29 is 18.8 Å². The minimum absolute atomic E-state index is 0.0593. The lowest BCUT2D eigenvalue weighted by atomic mass is 10.1. The predicted molar refractivity (Wildman–Crippen MR) is 128 cm³/mol. The fraction of sp³-hybridized carbons (Fsp3) is 0.400. The lowest BCUT2D eigenvalue weighted by molar-refractivity contribution is 0.0718. The van der Waals surface area contributed by atoms with Crippen LogP contribution in [0.3, 0.4) is 0 Å². The molecular weight excluding hydrogens is 424 g/mol. The van der Waals surface area contributed by atoms with Crippen molar-refractivity contribution in [1.82, 2.24) is 4.90 Å². The molecule has 2 atom stereocenters. The molecule has 0 spiro atoms. The Kier molecular flexibility index (Phi) is 6.67. The van der Waals surface area contributed by atoms with Gasteiger partial charge in [-0.2, -0.15) is 0 Å². The first-order valence-electron chi connectivity index (χ1n) is 10.9. The molecule has 1 aliphatic carbocycles. The van der Waals surface area contributed by atoms with Crippen molar-refractivity contribution in [1.29, 1.82) is 0 Å². The van der Waals surface area contributed by atoms with Gasteiger partial charge in [0.15, 0.2) is 11.5 Å². The molecule has 170 valence electrons. The van der Waals surface area contributed by atoms with Crippen LogP contribution in [-0.2, 0) is 17.7 Å². The highest BCUT2D eigenvalue weighted by molar-refractivity contribution is 7.90. The number of carbonyl (C=O) groups is 1. The summed E-state index contributed by atoms with van der Waals surface area (Å²) in [6.07, 6.45) is 3.95. The molecule has 1 fully saturated rings. The number of hydrogen-bond acceptors (Lipinski definition) is 5. The van der Waals surface area contributed by atoms with Crippen molar-refractivity contribution in [2.45, 2.75) is 32.4 Å². The van der Waals surface area contributed by atoms with Crippen molar-refractivity contribution in [2.75, 3.05) is 31.0 Å². The SMILES string of the molecule is C=C(Nc1cccc2c1C(=O)N([C@H](C[S+](C)[O-])c1ccc(OC)c(OCC)c1)C2)C1CC1. The normalized spacial score (nSPS) is 17.0. The lowest BCUT2D eigenvalue weighted by Gasteiger charge is -2.28. The van der Waals surface area contributed by atoms with Crippen LogP contribution in [0.4, 0.5) is 5.69 Å². The van der Waals surface area contributed by atoms with Gasteiger partial charge in [-0.05, 0) is 55.0 Å². The molecule has 2 aromatic carbocycles. The minimum Gasteiger partial charge on any atom is -0.616 e. The highest BCUT2D eigenvalue weighted by atomic mass is 32.2. The molecule has 0 saturated heterocycles. The van der Waals surface area contributed by atoms with E-state index in [1.807, 2.05) is 48.2 Å². The number of nitrogens with zero attached hydrogens (tertiary/aromatic N) is 1. The van der Waals surface area contributed by atoms with E-state index in [4.69, 9.17) is 9.47 Å². The van der Waals surface area contributed by atoms with E-state index in [2.05, 4.69) is 11.9 Å². The zero-order valence-electron chi connectivity index (χ0n) is 18.8. The van der Waals surface area contributed by atoms with Crippen molar-refractivity contribution in [3.63, 3.8) is 0 Å². The van der Waals surface area contributed by atoms with E-state index in [9.17, 15) is 9.35 Å². The fourth-order valence-corrected chi connectivity index (χ4v) is 5.02. The number of carbonyl (C=O) groups excluding carboxylic acids is 1. The maximum atomic E-state index is 13.6. The molecule has 1 aliphatic heterocycles. The van der Waals surface area contributed by atoms with Crippen LogP contribution in [0.1, 0.15) is 47.3 Å². The van der Waals surface area contributed by atoms with Gasteiger partial charge < -0.3 is 24.2 Å². The lowest BCUT2D eigenvalue weighted by Crippen LogP contribution is -2.34. The van der Waals surface area contributed by atoms with E-state index < -0.39 is 11.2 Å². The van der Waals surface area contributed by atoms with E-state index in [1.54, 1.807) is 13.4 Å². The number of amides is 1. The Hall–Kier alpha value is -2.64. The molecule has 2 aliphatic rings. The van der Waals surface area contributed by atoms with Gasteiger partial charge in [-0.25, -0.2) is 0 Å². The number of benzene rings is 2. The van der Waals surface area contributed by atoms with Crippen LogP contribution in [0, 0.1) is 5.92 Å². The number of methoxy groups -OCH3 is 1. The molecule has 1 unspecified atom stereocenters. The Morgan fingerprint density at radius 1 is 1.31 bits per heavy atom. The average molecular weight is 455 g/mol. The third-order valence-corrected chi connectivity index (χ3v) is 6.76. The molecule has 0 bridgehead atoms. The molecule has 1 heterocycles. The van der Waals surface area contributed by atoms with Gasteiger partial charge in [0, 0.05) is 12.2 Å². The quantitative estimate of drug-likeness (QED) is 0.535. The molecule has 32 heavy (non-hydrogen) atoms. The number of rotatable bonds is 10. The number of fused-ring (bicyclic) bond motifs is 1. The maximum Gasteiger partial charge on any atom is 0.257 e. The first kappa shape index (κ1) is 22.6. The number of allylic oxidation sites excluding steroid dienone is 1. The monoisotopic (exact) mass is 454 g/mol. The summed E-state index contributed by atoms with van der Waals surface area (Å²) in [5, 5.41) is 3.38. The molecule has 0 radical (unpaired) electrons. The first-order chi connectivity index (χ1) is 15.4. The zero-order valence-corrected chi connectivity index (χ0v) is 19.7. The second-order valence-electron chi connectivity index (χ2n) is 8.30. The third-order valence-electron chi connectivity index (χ3n) is 5.97. The van der Waals surface area contributed by atoms with Gasteiger partial charge in [-0.3, -0.25) is 4.79 Å². The zero-order chi connectivity index (χ0) is 22.8. The van der Waals surface area contributed by atoms with Crippen LogP contribution >= 0.6 is 0 Å². The highest BCUT2D eigenvalue weighted by Gasteiger charge is 2.37. The molecule has 1 saturated carbocycles. The molecule has 0 aromatic heterocycles. The van der Waals surface area contributed by atoms with Gasteiger partial charge in [0.2, 0.25) is 0 Å². The Morgan fingerprint density at radius 3 is 2.75 bits per heavy atom. The van der Waals surface area contributed by atoms with E-state index in [1.165, 1.54) is 0 Å². The summed E-state index contributed by atoms with van der Waals surface area (Å²) in [5.74, 6) is 2.02. The van der Waals surface area contributed by atoms with E-state index in [0.717, 1.165) is 35.4 Å². The van der Waals surface area contributed by atoms with Gasteiger partial charge in [0.05, 0.1) is 31.2 Å². The molecule has 1 N–H and O–H groups in total. The van der Waals surface area contributed by atoms with E-state index >= 15 is 0 Å². The summed E-state index contributed by atoms with van der Waals surface area (Å²) in [6, 6.07) is 11.2. The van der Waals surface area contributed by atoms with Crippen LogP contribution < -0.4 is 14.8 Å². The maximum absolute atomic E-state index is 13.6.